The van der Waals surface area contributed by atoms with Crippen LogP contribution in [0, 0.1) is 11.7 Å². The van der Waals surface area contributed by atoms with Crippen LogP contribution in [0.25, 0.3) is 0 Å². The Morgan fingerprint density at radius 1 is 1.47 bits per heavy atom. The highest BCUT2D eigenvalue weighted by atomic mass is 79.9. The van der Waals surface area contributed by atoms with Crippen LogP contribution in [0.4, 0.5) is 4.39 Å². The van der Waals surface area contributed by atoms with E-state index in [0.717, 1.165) is 12.0 Å². The lowest BCUT2D eigenvalue weighted by Crippen LogP contribution is -2.11. The van der Waals surface area contributed by atoms with Crippen molar-refractivity contribution in [3.05, 3.63) is 34.1 Å². The number of aliphatic hydroxyl groups is 1. The summed E-state index contributed by atoms with van der Waals surface area (Å²) in [5.74, 6) is 0.443. The van der Waals surface area contributed by atoms with Crippen LogP contribution in [-0.2, 0) is 6.42 Å². The average molecular weight is 273 g/mol. The first-order chi connectivity index (χ1) is 7.16. The number of aliphatic hydroxyl groups excluding tert-OH is 1. The minimum atomic E-state index is -0.337. The van der Waals surface area contributed by atoms with Gasteiger partial charge in [0.2, 0.25) is 0 Å². The molecule has 0 spiro atoms. The minimum Gasteiger partial charge on any atom is -0.393 e. The highest BCUT2D eigenvalue weighted by molar-refractivity contribution is 9.10. The molecule has 3 heteroatoms. The van der Waals surface area contributed by atoms with Gasteiger partial charge in [-0.15, -0.1) is 0 Å². The van der Waals surface area contributed by atoms with Gasteiger partial charge in [-0.2, -0.15) is 0 Å². The maximum absolute atomic E-state index is 13.2. The third-order valence-corrected chi connectivity index (χ3v) is 3.68. The van der Waals surface area contributed by atoms with Gasteiger partial charge in [-0.05, 0) is 46.3 Å². The van der Waals surface area contributed by atoms with E-state index in [0.29, 0.717) is 16.8 Å². The molecular weight excluding hydrogens is 259 g/mol. The summed E-state index contributed by atoms with van der Waals surface area (Å²) in [6.07, 6.45) is 3.52. The molecular formula is C12H14BrFO. The molecule has 0 amide bonds. The van der Waals surface area contributed by atoms with E-state index in [-0.39, 0.29) is 11.9 Å². The summed E-state index contributed by atoms with van der Waals surface area (Å²) in [6, 6.07) is 4.95. The van der Waals surface area contributed by atoms with Crippen molar-refractivity contribution in [2.75, 3.05) is 0 Å². The van der Waals surface area contributed by atoms with Crippen molar-refractivity contribution in [2.24, 2.45) is 5.92 Å². The number of hydrogen-bond acceptors (Lipinski definition) is 1. The van der Waals surface area contributed by atoms with Crippen molar-refractivity contribution in [3.63, 3.8) is 0 Å². The predicted molar refractivity (Wildman–Crippen MR) is 61.2 cm³/mol. The van der Waals surface area contributed by atoms with Gasteiger partial charge in [-0.1, -0.05) is 25.0 Å². The van der Waals surface area contributed by atoms with E-state index in [1.165, 1.54) is 18.9 Å². The summed E-state index contributed by atoms with van der Waals surface area (Å²) in [7, 11) is 0. The Labute approximate surface area is 97.4 Å². The van der Waals surface area contributed by atoms with Crippen molar-refractivity contribution < 1.29 is 9.50 Å². The average Bonchev–Trinajstić information content (AvgIpc) is 2.97. The van der Waals surface area contributed by atoms with Gasteiger partial charge in [0.05, 0.1) is 10.6 Å². The van der Waals surface area contributed by atoms with Gasteiger partial charge in [-0.3, -0.25) is 0 Å². The Bertz CT molecular complexity index is 349. The fourth-order valence-corrected chi connectivity index (χ4v) is 2.21. The summed E-state index contributed by atoms with van der Waals surface area (Å²) in [5.41, 5.74) is 0.850. The van der Waals surface area contributed by atoms with Crippen LogP contribution in [0.2, 0.25) is 0 Å². The minimum absolute atomic E-state index is 0.258. The summed E-state index contributed by atoms with van der Waals surface area (Å²) < 4.78 is 13.7. The number of benzene rings is 1. The maximum Gasteiger partial charge on any atom is 0.137 e. The number of hydrogen-bond donors (Lipinski definition) is 1. The molecule has 1 fully saturated rings. The first-order valence-electron chi connectivity index (χ1n) is 5.27. The van der Waals surface area contributed by atoms with Crippen LogP contribution in [0.5, 0.6) is 0 Å². The summed E-state index contributed by atoms with van der Waals surface area (Å²) in [6.45, 7) is 0. The predicted octanol–water partition coefficient (Wildman–Crippen LogP) is 3.29. The monoisotopic (exact) mass is 272 g/mol. The van der Waals surface area contributed by atoms with E-state index in [4.69, 9.17) is 0 Å². The van der Waals surface area contributed by atoms with Crippen LogP contribution in [-0.4, -0.2) is 11.2 Å². The molecule has 1 unspecified atom stereocenters. The molecule has 0 saturated heterocycles. The van der Waals surface area contributed by atoms with Crippen LogP contribution < -0.4 is 0 Å². The molecule has 1 aliphatic carbocycles. The normalized spacial score (nSPS) is 17.8. The third kappa shape index (κ3) is 3.02. The highest BCUT2D eigenvalue weighted by Gasteiger charge is 2.24. The Morgan fingerprint density at radius 2 is 2.20 bits per heavy atom. The second-order valence-corrected chi connectivity index (χ2v) is 5.04. The second-order valence-electron chi connectivity index (χ2n) is 4.25. The first-order valence-corrected chi connectivity index (χ1v) is 6.07. The van der Waals surface area contributed by atoms with Crippen molar-refractivity contribution >= 4 is 15.9 Å². The SMILES string of the molecule is OC(Cc1cccc(F)c1Br)CC1CC1. The smallest absolute Gasteiger partial charge is 0.137 e. The molecule has 0 heterocycles. The summed E-state index contributed by atoms with van der Waals surface area (Å²) in [4.78, 5) is 0. The molecule has 1 nitrogen and oxygen atoms in total. The van der Waals surface area contributed by atoms with Gasteiger partial charge in [0.1, 0.15) is 5.82 Å². The lowest BCUT2D eigenvalue weighted by atomic mass is 10.0. The Balaban J connectivity index is 1.99. The fraction of sp³-hybridized carbons (Fsp3) is 0.500. The fourth-order valence-electron chi connectivity index (χ4n) is 1.78. The van der Waals surface area contributed by atoms with Gasteiger partial charge >= 0.3 is 0 Å². The topological polar surface area (TPSA) is 20.2 Å². The van der Waals surface area contributed by atoms with E-state index in [2.05, 4.69) is 15.9 Å². The lowest BCUT2D eigenvalue weighted by molar-refractivity contribution is 0.157. The largest absolute Gasteiger partial charge is 0.393 e. The van der Waals surface area contributed by atoms with Crippen LogP contribution in [0.3, 0.4) is 0 Å². The van der Waals surface area contributed by atoms with Gasteiger partial charge in [0.25, 0.3) is 0 Å². The molecule has 0 radical (unpaired) electrons. The van der Waals surface area contributed by atoms with E-state index < -0.39 is 0 Å². The van der Waals surface area contributed by atoms with Gasteiger partial charge in [0, 0.05) is 0 Å². The highest BCUT2D eigenvalue weighted by Crippen LogP contribution is 2.34. The number of halogens is 2. The Morgan fingerprint density at radius 3 is 2.87 bits per heavy atom. The van der Waals surface area contributed by atoms with Crippen molar-refractivity contribution in [1.29, 1.82) is 0 Å². The van der Waals surface area contributed by atoms with Crippen molar-refractivity contribution in [3.8, 4) is 0 Å². The van der Waals surface area contributed by atoms with Crippen LogP contribution in [0.1, 0.15) is 24.8 Å². The van der Waals surface area contributed by atoms with Gasteiger partial charge < -0.3 is 5.11 Å². The van der Waals surface area contributed by atoms with E-state index in [1.54, 1.807) is 6.07 Å². The molecule has 1 aromatic carbocycles. The molecule has 15 heavy (non-hydrogen) atoms. The van der Waals surface area contributed by atoms with Crippen molar-refractivity contribution in [1.82, 2.24) is 0 Å². The zero-order valence-electron chi connectivity index (χ0n) is 8.42. The standard InChI is InChI=1S/C12H14BrFO/c13-12-9(2-1-3-11(12)14)7-10(15)6-8-4-5-8/h1-3,8,10,15H,4-7H2. The molecule has 1 atom stereocenters. The Hall–Kier alpha value is -0.410. The van der Waals surface area contributed by atoms with E-state index in [1.807, 2.05) is 6.07 Å². The molecule has 1 N–H and O–H groups in total. The molecule has 1 aliphatic rings. The third-order valence-electron chi connectivity index (χ3n) is 2.79. The first kappa shape index (κ1) is 11.1. The Kier molecular flexibility index (Phi) is 3.42. The van der Waals surface area contributed by atoms with Gasteiger partial charge in [0.15, 0.2) is 0 Å². The van der Waals surface area contributed by atoms with Crippen LogP contribution >= 0.6 is 15.9 Å². The van der Waals surface area contributed by atoms with E-state index in [9.17, 15) is 9.50 Å². The summed E-state index contributed by atoms with van der Waals surface area (Å²) in [5, 5.41) is 9.79. The quantitative estimate of drug-likeness (QED) is 0.892. The molecule has 2 rings (SSSR count). The molecule has 0 aliphatic heterocycles. The zero-order valence-corrected chi connectivity index (χ0v) is 10.0. The number of rotatable bonds is 4. The molecule has 0 aromatic heterocycles. The van der Waals surface area contributed by atoms with Crippen LogP contribution in [0.15, 0.2) is 22.7 Å². The van der Waals surface area contributed by atoms with E-state index >= 15 is 0 Å². The summed E-state index contributed by atoms with van der Waals surface area (Å²) >= 11 is 3.20. The maximum atomic E-state index is 13.2. The van der Waals surface area contributed by atoms with Gasteiger partial charge in [-0.25, -0.2) is 4.39 Å². The second kappa shape index (κ2) is 4.62. The molecule has 0 bridgehead atoms. The lowest BCUT2D eigenvalue weighted by Gasteiger charge is -2.11. The molecule has 1 aromatic rings. The van der Waals surface area contributed by atoms with Crippen molar-refractivity contribution in [2.45, 2.75) is 31.8 Å². The molecule has 82 valence electrons. The molecule has 1 saturated carbocycles. The zero-order chi connectivity index (χ0) is 10.8.